The van der Waals surface area contributed by atoms with E-state index in [0.717, 1.165) is 12.1 Å². The Morgan fingerprint density at radius 2 is 1.76 bits per heavy atom. The maximum absolute atomic E-state index is 15.0. The fourth-order valence-corrected chi connectivity index (χ4v) is 4.42. The van der Waals surface area contributed by atoms with E-state index in [0.29, 0.717) is 33.9 Å². The minimum Gasteiger partial charge on any atom is -0.494 e. The van der Waals surface area contributed by atoms with Crippen molar-refractivity contribution in [3.8, 4) is 23.0 Å². The van der Waals surface area contributed by atoms with Gasteiger partial charge >= 0.3 is 6.09 Å². The number of pyridine rings is 1. The standard InChI is InChI=1S/C32H33F2N7O4/c1-5-43-21-16-24(33)23(25(34)17-21)19-41-26-9-7-6-8-22(26)28(40-41)30-37-18-27(29(39-30)38-20-10-12-35-13-11-20)44-15-14-36-31(42)45-32(2,3)4/h6-13,16-18H,5,14-15,19H2,1-4H3,(H,36,42)(H,35,37,38,39). The third-order valence-corrected chi connectivity index (χ3v) is 6.33. The summed E-state index contributed by atoms with van der Waals surface area (Å²) in [4.78, 5) is 25.3. The highest BCUT2D eigenvalue weighted by Crippen LogP contribution is 2.32. The summed E-state index contributed by atoms with van der Waals surface area (Å²) in [5.41, 5.74) is 0.977. The molecule has 0 spiro atoms. The number of carbonyl (C=O) groups excluding carboxylic acids is 1. The average molecular weight is 618 g/mol. The van der Waals surface area contributed by atoms with E-state index in [9.17, 15) is 13.6 Å². The average Bonchev–Trinajstić information content (AvgIpc) is 3.36. The molecule has 0 fully saturated rings. The van der Waals surface area contributed by atoms with Gasteiger partial charge in [-0.15, -0.1) is 0 Å². The zero-order valence-corrected chi connectivity index (χ0v) is 25.3. The van der Waals surface area contributed by atoms with E-state index in [4.69, 9.17) is 19.2 Å². The van der Waals surface area contributed by atoms with Gasteiger partial charge in [-0.1, -0.05) is 18.2 Å². The zero-order chi connectivity index (χ0) is 32.0. The maximum Gasteiger partial charge on any atom is 0.407 e. The van der Waals surface area contributed by atoms with Gasteiger partial charge in [0.25, 0.3) is 0 Å². The predicted molar refractivity (Wildman–Crippen MR) is 165 cm³/mol. The number of ether oxygens (including phenoxy) is 3. The number of rotatable bonds is 11. The van der Waals surface area contributed by atoms with Crippen molar-refractivity contribution < 1.29 is 27.8 Å². The van der Waals surface area contributed by atoms with Crippen LogP contribution in [0.3, 0.4) is 0 Å². The molecule has 45 heavy (non-hydrogen) atoms. The van der Waals surface area contributed by atoms with E-state index in [2.05, 4.69) is 25.7 Å². The van der Waals surface area contributed by atoms with Gasteiger partial charge in [-0.2, -0.15) is 5.10 Å². The molecule has 0 unspecified atom stereocenters. The van der Waals surface area contributed by atoms with Crippen LogP contribution in [0.25, 0.3) is 22.4 Å². The molecule has 0 saturated carbocycles. The number of para-hydroxylation sites is 1. The van der Waals surface area contributed by atoms with Crippen molar-refractivity contribution in [1.29, 1.82) is 0 Å². The number of anilines is 2. The largest absolute Gasteiger partial charge is 0.494 e. The first-order valence-corrected chi connectivity index (χ1v) is 14.3. The Hall–Kier alpha value is -5.33. The first-order valence-electron chi connectivity index (χ1n) is 14.3. The van der Waals surface area contributed by atoms with Gasteiger partial charge in [0, 0.05) is 41.2 Å². The number of aromatic nitrogens is 5. The molecule has 0 aliphatic rings. The van der Waals surface area contributed by atoms with E-state index in [1.807, 2.05) is 24.3 Å². The van der Waals surface area contributed by atoms with Crippen molar-refractivity contribution >= 4 is 28.5 Å². The topological polar surface area (TPSA) is 125 Å². The molecule has 0 aliphatic heterocycles. The zero-order valence-electron chi connectivity index (χ0n) is 25.3. The fraction of sp³-hybridized carbons (Fsp3) is 0.281. The molecule has 0 saturated heterocycles. The number of carbonyl (C=O) groups is 1. The Labute approximate surface area is 258 Å². The molecular formula is C32H33F2N7O4. The van der Waals surface area contributed by atoms with Crippen molar-refractivity contribution in [2.45, 2.75) is 39.8 Å². The Bertz CT molecular complexity index is 1770. The molecule has 0 radical (unpaired) electrons. The van der Waals surface area contributed by atoms with Crippen molar-refractivity contribution in [2.24, 2.45) is 0 Å². The summed E-state index contributed by atoms with van der Waals surface area (Å²) < 4.78 is 47.9. The second kappa shape index (κ2) is 13.5. The maximum atomic E-state index is 15.0. The van der Waals surface area contributed by atoms with Gasteiger partial charge in [-0.05, 0) is 45.9 Å². The van der Waals surface area contributed by atoms with Crippen LogP contribution in [-0.4, -0.2) is 56.2 Å². The molecule has 2 aromatic carbocycles. The monoisotopic (exact) mass is 617 g/mol. The number of hydrogen-bond donors (Lipinski definition) is 2. The second-order valence-electron chi connectivity index (χ2n) is 10.9. The smallest absolute Gasteiger partial charge is 0.407 e. The van der Waals surface area contributed by atoms with Crippen LogP contribution in [0.1, 0.15) is 33.3 Å². The van der Waals surface area contributed by atoms with E-state index in [1.54, 1.807) is 52.2 Å². The van der Waals surface area contributed by atoms with E-state index in [1.165, 1.54) is 10.9 Å². The highest BCUT2D eigenvalue weighted by atomic mass is 19.1. The highest BCUT2D eigenvalue weighted by molar-refractivity contribution is 5.92. The van der Waals surface area contributed by atoms with Crippen LogP contribution in [0, 0.1) is 11.6 Å². The van der Waals surface area contributed by atoms with Crippen molar-refractivity contribution in [3.05, 3.63) is 84.3 Å². The van der Waals surface area contributed by atoms with Crippen LogP contribution in [0.5, 0.6) is 11.5 Å². The summed E-state index contributed by atoms with van der Waals surface area (Å²) in [7, 11) is 0. The first kappa shape index (κ1) is 31.1. The van der Waals surface area contributed by atoms with E-state index >= 15 is 0 Å². The van der Waals surface area contributed by atoms with Crippen LogP contribution >= 0.6 is 0 Å². The number of amides is 1. The van der Waals surface area contributed by atoms with Gasteiger partial charge in [0.05, 0.1) is 31.4 Å². The lowest BCUT2D eigenvalue weighted by atomic mass is 10.1. The van der Waals surface area contributed by atoms with Gasteiger partial charge in [-0.3, -0.25) is 9.67 Å². The lowest BCUT2D eigenvalue weighted by molar-refractivity contribution is 0.0520. The molecule has 3 heterocycles. The predicted octanol–water partition coefficient (Wildman–Crippen LogP) is 6.26. The molecule has 234 valence electrons. The summed E-state index contributed by atoms with van der Waals surface area (Å²) in [6.07, 6.45) is 4.20. The van der Waals surface area contributed by atoms with Gasteiger partial charge in [0.15, 0.2) is 17.4 Å². The number of nitrogens with one attached hydrogen (secondary N) is 2. The third kappa shape index (κ3) is 7.80. The molecule has 5 aromatic rings. The Morgan fingerprint density at radius 1 is 1.02 bits per heavy atom. The van der Waals surface area contributed by atoms with Crippen LogP contribution in [0.15, 0.2) is 67.1 Å². The van der Waals surface area contributed by atoms with Crippen molar-refractivity contribution in [2.75, 3.05) is 25.1 Å². The van der Waals surface area contributed by atoms with Gasteiger partial charge in [0.2, 0.25) is 0 Å². The molecule has 11 nitrogen and oxygen atoms in total. The quantitative estimate of drug-likeness (QED) is 0.165. The highest BCUT2D eigenvalue weighted by Gasteiger charge is 2.20. The van der Waals surface area contributed by atoms with Crippen LogP contribution in [-0.2, 0) is 11.3 Å². The summed E-state index contributed by atoms with van der Waals surface area (Å²) in [6, 6.07) is 13.1. The Kier molecular flexibility index (Phi) is 9.36. The minimum absolute atomic E-state index is 0.115. The molecule has 1 amide bonds. The molecule has 0 atom stereocenters. The lowest BCUT2D eigenvalue weighted by Gasteiger charge is -2.19. The molecule has 3 aromatic heterocycles. The molecule has 2 N–H and O–H groups in total. The Morgan fingerprint density at radius 3 is 2.47 bits per heavy atom. The summed E-state index contributed by atoms with van der Waals surface area (Å²) in [5.74, 6) is -0.430. The van der Waals surface area contributed by atoms with Crippen LogP contribution < -0.4 is 20.1 Å². The SMILES string of the molecule is CCOc1cc(F)c(Cn2nc(-c3ncc(OCCNC(=O)OC(C)(C)C)c(Nc4ccncc4)n3)c3ccccc32)c(F)c1. The van der Waals surface area contributed by atoms with Crippen molar-refractivity contribution in [1.82, 2.24) is 30.0 Å². The number of hydrogen-bond acceptors (Lipinski definition) is 9. The summed E-state index contributed by atoms with van der Waals surface area (Å²) in [5, 5.41) is 11.2. The summed E-state index contributed by atoms with van der Waals surface area (Å²) >= 11 is 0. The molecule has 0 bridgehead atoms. The third-order valence-electron chi connectivity index (χ3n) is 6.33. The van der Waals surface area contributed by atoms with E-state index in [-0.39, 0.29) is 43.4 Å². The van der Waals surface area contributed by atoms with E-state index < -0.39 is 23.3 Å². The molecule has 13 heteroatoms. The fourth-order valence-electron chi connectivity index (χ4n) is 4.42. The number of fused-ring (bicyclic) bond motifs is 1. The van der Waals surface area contributed by atoms with Gasteiger partial charge in [-0.25, -0.2) is 23.5 Å². The molecule has 0 aliphatic carbocycles. The van der Waals surface area contributed by atoms with Crippen LogP contribution in [0.2, 0.25) is 0 Å². The number of benzene rings is 2. The van der Waals surface area contributed by atoms with Gasteiger partial charge in [0.1, 0.15) is 35.3 Å². The first-order chi connectivity index (χ1) is 21.6. The second-order valence-corrected chi connectivity index (χ2v) is 10.9. The van der Waals surface area contributed by atoms with Crippen molar-refractivity contribution in [3.63, 3.8) is 0 Å². The number of alkyl carbamates (subject to hydrolysis) is 1. The Balaban J connectivity index is 1.44. The van der Waals surface area contributed by atoms with Crippen LogP contribution in [0.4, 0.5) is 25.1 Å². The van der Waals surface area contributed by atoms with Gasteiger partial charge < -0.3 is 24.8 Å². The lowest BCUT2D eigenvalue weighted by Crippen LogP contribution is -2.34. The molecule has 5 rings (SSSR count). The normalized spacial score (nSPS) is 11.3. The summed E-state index contributed by atoms with van der Waals surface area (Å²) in [6.45, 7) is 7.49. The number of halogens is 2. The number of nitrogens with zero attached hydrogens (tertiary/aromatic N) is 5. The minimum atomic E-state index is -0.734. The molecular weight excluding hydrogens is 584 g/mol.